The highest BCUT2D eigenvalue weighted by molar-refractivity contribution is 7.13. The first kappa shape index (κ1) is 14.1. The van der Waals surface area contributed by atoms with E-state index in [1.54, 1.807) is 35.6 Å². The molecule has 0 saturated carbocycles. The molecule has 0 atom stereocenters. The Balaban J connectivity index is 1.83. The normalized spacial score (nSPS) is 10.6. The molecule has 0 radical (unpaired) electrons. The molecule has 4 nitrogen and oxygen atoms in total. The summed E-state index contributed by atoms with van der Waals surface area (Å²) in [5, 5.41) is 12.2. The minimum absolute atomic E-state index is 0.273. The number of benzene rings is 1. The molecule has 2 heterocycles. The first-order valence-corrected chi connectivity index (χ1v) is 7.63. The molecule has 0 aliphatic heterocycles. The van der Waals surface area contributed by atoms with Gasteiger partial charge in [-0.1, -0.05) is 35.3 Å². The van der Waals surface area contributed by atoms with Crippen LogP contribution in [0.15, 0.2) is 41.8 Å². The smallest absolute Gasteiger partial charge is 0.276 e. The average Bonchev–Trinajstić information content (AvgIpc) is 3.12. The van der Waals surface area contributed by atoms with Crippen molar-refractivity contribution in [2.75, 3.05) is 5.32 Å². The highest BCUT2D eigenvalue weighted by atomic mass is 35.5. The van der Waals surface area contributed by atoms with E-state index < -0.39 is 0 Å². The topological polar surface area (TPSA) is 57.8 Å². The van der Waals surface area contributed by atoms with Gasteiger partial charge in [0.05, 0.1) is 26.3 Å². The molecule has 7 heteroatoms. The number of thiophene rings is 1. The van der Waals surface area contributed by atoms with Crippen LogP contribution in [-0.4, -0.2) is 16.1 Å². The van der Waals surface area contributed by atoms with Crippen molar-refractivity contribution >= 4 is 46.1 Å². The van der Waals surface area contributed by atoms with Crippen LogP contribution >= 0.6 is 34.5 Å². The number of amides is 1. The van der Waals surface area contributed by atoms with Crippen LogP contribution in [0.4, 0.5) is 5.69 Å². The first-order valence-electron chi connectivity index (χ1n) is 6.00. The van der Waals surface area contributed by atoms with E-state index in [1.165, 1.54) is 0 Å². The van der Waals surface area contributed by atoms with Gasteiger partial charge < -0.3 is 5.32 Å². The molecule has 0 spiro atoms. The van der Waals surface area contributed by atoms with Crippen LogP contribution in [0.5, 0.6) is 0 Å². The number of rotatable bonds is 3. The van der Waals surface area contributed by atoms with Crippen LogP contribution in [0.2, 0.25) is 10.0 Å². The lowest BCUT2D eigenvalue weighted by Gasteiger charge is -2.07. The summed E-state index contributed by atoms with van der Waals surface area (Å²) in [6, 6.07) is 10.6. The molecule has 0 unspecified atom stereocenters. The number of para-hydroxylation sites is 1. The van der Waals surface area contributed by atoms with Crippen molar-refractivity contribution in [3.8, 4) is 10.6 Å². The Hall–Kier alpha value is -1.82. The summed E-state index contributed by atoms with van der Waals surface area (Å²) in [6.07, 6.45) is 0. The van der Waals surface area contributed by atoms with E-state index in [0.717, 1.165) is 10.6 Å². The number of carbonyl (C=O) groups is 1. The monoisotopic (exact) mass is 337 g/mol. The lowest BCUT2D eigenvalue weighted by atomic mass is 10.2. The van der Waals surface area contributed by atoms with Crippen molar-refractivity contribution in [1.29, 1.82) is 0 Å². The lowest BCUT2D eigenvalue weighted by Crippen LogP contribution is -2.13. The molecule has 1 amide bonds. The van der Waals surface area contributed by atoms with E-state index in [9.17, 15) is 4.79 Å². The van der Waals surface area contributed by atoms with E-state index in [1.807, 2.05) is 17.5 Å². The summed E-state index contributed by atoms with van der Waals surface area (Å²) in [5.41, 5.74) is 1.45. The summed E-state index contributed by atoms with van der Waals surface area (Å²) in [5.74, 6) is -0.371. The minimum Gasteiger partial charge on any atom is -0.318 e. The maximum absolute atomic E-state index is 12.2. The third kappa shape index (κ3) is 2.95. The SMILES string of the molecule is O=C(Nc1c(Cl)cccc1Cl)c1cc(-c2cccs2)[nH]n1. The van der Waals surface area contributed by atoms with E-state index >= 15 is 0 Å². The molecule has 3 aromatic rings. The van der Waals surface area contributed by atoms with E-state index in [0.29, 0.717) is 15.7 Å². The molecular formula is C14H9Cl2N3OS. The lowest BCUT2D eigenvalue weighted by molar-refractivity contribution is 0.102. The molecule has 3 rings (SSSR count). The van der Waals surface area contributed by atoms with Gasteiger partial charge in [0.25, 0.3) is 5.91 Å². The standard InChI is InChI=1S/C14H9Cl2N3OS/c15-8-3-1-4-9(16)13(8)17-14(20)11-7-10(18-19-11)12-5-2-6-21-12/h1-7H,(H,17,20)(H,18,19). The highest BCUT2D eigenvalue weighted by Gasteiger charge is 2.15. The number of anilines is 1. The van der Waals surface area contributed by atoms with Crippen LogP contribution in [-0.2, 0) is 0 Å². The fourth-order valence-corrected chi connectivity index (χ4v) is 2.98. The van der Waals surface area contributed by atoms with Gasteiger partial charge in [-0.2, -0.15) is 5.10 Å². The fraction of sp³-hybridized carbons (Fsp3) is 0. The molecule has 21 heavy (non-hydrogen) atoms. The van der Waals surface area contributed by atoms with Crippen LogP contribution < -0.4 is 5.32 Å². The number of aromatic amines is 1. The van der Waals surface area contributed by atoms with Crippen molar-refractivity contribution < 1.29 is 4.79 Å². The van der Waals surface area contributed by atoms with Gasteiger partial charge >= 0.3 is 0 Å². The third-order valence-corrected chi connectivity index (χ3v) is 4.33. The first-order chi connectivity index (χ1) is 10.1. The third-order valence-electron chi connectivity index (χ3n) is 2.80. The van der Waals surface area contributed by atoms with Crippen LogP contribution in [0, 0.1) is 0 Å². The van der Waals surface area contributed by atoms with Gasteiger partial charge in [-0.25, -0.2) is 0 Å². The van der Waals surface area contributed by atoms with E-state index in [-0.39, 0.29) is 11.6 Å². The molecular weight excluding hydrogens is 329 g/mol. The molecule has 0 bridgehead atoms. The number of nitrogens with one attached hydrogen (secondary N) is 2. The highest BCUT2D eigenvalue weighted by Crippen LogP contribution is 2.30. The molecule has 0 saturated heterocycles. The number of hydrogen-bond donors (Lipinski definition) is 2. The van der Waals surface area contributed by atoms with Crippen molar-refractivity contribution in [3.05, 3.63) is 57.5 Å². The predicted octanol–water partition coefficient (Wildman–Crippen LogP) is 4.70. The van der Waals surface area contributed by atoms with E-state index in [2.05, 4.69) is 15.5 Å². The maximum atomic E-state index is 12.2. The molecule has 2 aromatic heterocycles. The predicted molar refractivity (Wildman–Crippen MR) is 86.3 cm³/mol. The summed E-state index contributed by atoms with van der Waals surface area (Å²) < 4.78 is 0. The van der Waals surface area contributed by atoms with Crippen LogP contribution in [0.25, 0.3) is 10.6 Å². The molecule has 106 valence electrons. The number of hydrogen-bond acceptors (Lipinski definition) is 3. The zero-order valence-corrected chi connectivity index (χ0v) is 12.9. The second kappa shape index (κ2) is 5.89. The number of halogens is 2. The molecule has 2 N–H and O–H groups in total. The Labute approximate surface area is 134 Å². The van der Waals surface area contributed by atoms with Crippen LogP contribution in [0.3, 0.4) is 0 Å². The Morgan fingerprint density at radius 2 is 1.95 bits per heavy atom. The summed E-state index contributed by atoms with van der Waals surface area (Å²) in [4.78, 5) is 13.2. The van der Waals surface area contributed by atoms with Gasteiger partial charge in [0.2, 0.25) is 0 Å². The second-order valence-electron chi connectivity index (χ2n) is 4.19. The zero-order valence-electron chi connectivity index (χ0n) is 10.6. The Morgan fingerprint density at radius 1 is 1.19 bits per heavy atom. The minimum atomic E-state index is -0.371. The number of nitrogens with zero attached hydrogens (tertiary/aromatic N) is 1. The van der Waals surface area contributed by atoms with Gasteiger partial charge in [0.15, 0.2) is 5.69 Å². The maximum Gasteiger partial charge on any atom is 0.276 e. The summed E-state index contributed by atoms with van der Waals surface area (Å²) in [6.45, 7) is 0. The Kier molecular flexibility index (Phi) is 3.96. The van der Waals surface area contributed by atoms with Gasteiger partial charge in [0, 0.05) is 0 Å². The molecule has 0 aliphatic carbocycles. The summed E-state index contributed by atoms with van der Waals surface area (Å²) in [7, 11) is 0. The fourth-order valence-electron chi connectivity index (χ4n) is 1.79. The van der Waals surface area contributed by atoms with Gasteiger partial charge in [-0.05, 0) is 29.6 Å². The second-order valence-corrected chi connectivity index (χ2v) is 5.96. The average molecular weight is 338 g/mol. The quantitative estimate of drug-likeness (QED) is 0.727. The number of H-pyrrole nitrogens is 1. The zero-order chi connectivity index (χ0) is 14.8. The molecule has 0 fully saturated rings. The van der Waals surface area contributed by atoms with Gasteiger partial charge in [-0.15, -0.1) is 11.3 Å². The largest absolute Gasteiger partial charge is 0.318 e. The summed E-state index contributed by atoms with van der Waals surface area (Å²) >= 11 is 13.6. The van der Waals surface area contributed by atoms with Crippen LogP contribution in [0.1, 0.15) is 10.5 Å². The number of carbonyl (C=O) groups excluding carboxylic acids is 1. The van der Waals surface area contributed by atoms with Crippen molar-refractivity contribution in [1.82, 2.24) is 10.2 Å². The van der Waals surface area contributed by atoms with Gasteiger partial charge in [0.1, 0.15) is 0 Å². The van der Waals surface area contributed by atoms with Crippen molar-refractivity contribution in [2.24, 2.45) is 0 Å². The molecule has 0 aliphatic rings. The van der Waals surface area contributed by atoms with Crippen molar-refractivity contribution in [3.63, 3.8) is 0 Å². The van der Waals surface area contributed by atoms with Gasteiger partial charge in [-0.3, -0.25) is 9.89 Å². The Bertz CT molecular complexity index is 763. The molecule has 1 aromatic carbocycles. The van der Waals surface area contributed by atoms with E-state index in [4.69, 9.17) is 23.2 Å². The number of aromatic nitrogens is 2. The Morgan fingerprint density at radius 3 is 2.62 bits per heavy atom. The van der Waals surface area contributed by atoms with Crippen molar-refractivity contribution in [2.45, 2.75) is 0 Å².